The molecule has 0 saturated heterocycles. The van der Waals surface area contributed by atoms with Gasteiger partial charge in [-0.05, 0) is 24.3 Å². The Balaban J connectivity index is 2.40. The molecule has 0 unspecified atom stereocenters. The van der Waals surface area contributed by atoms with Crippen molar-refractivity contribution in [3.05, 3.63) is 60.7 Å². The van der Waals surface area contributed by atoms with Crippen molar-refractivity contribution in [2.75, 3.05) is 4.90 Å². The maximum Gasteiger partial charge on any atom is 0.319 e. The van der Waals surface area contributed by atoms with Crippen LogP contribution in [0, 0.1) is 0 Å². The summed E-state index contributed by atoms with van der Waals surface area (Å²) in [5.74, 6) is 0. The van der Waals surface area contributed by atoms with Crippen molar-refractivity contribution in [2.24, 2.45) is 0 Å². The van der Waals surface area contributed by atoms with Crippen LogP contribution in [0.3, 0.4) is 0 Å². The number of hydrogen-bond donors (Lipinski definition) is 0. The van der Waals surface area contributed by atoms with Gasteiger partial charge in [0.25, 0.3) is 0 Å². The van der Waals surface area contributed by atoms with Crippen molar-refractivity contribution in [3.8, 4) is 0 Å². The number of halogens is 2. The summed E-state index contributed by atoms with van der Waals surface area (Å²) in [6.07, 6.45) is 0. The molecule has 0 amide bonds. The van der Waals surface area contributed by atoms with Gasteiger partial charge in [0.1, 0.15) is 0 Å². The van der Waals surface area contributed by atoms with Crippen LogP contribution in [0.15, 0.2) is 60.7 Å². The summed E-state index contributed by atoms with van der Waals surface area (Å²) < 4.78 is 26.0. The predicted molar refractivity (Wildman–Crippen MR) is 61.0 cm³/mol. The summed E-state index contributed by atoms with van der Waals surface area (Å²) in [5.41, 5.74) is 0.979. The molecule has 82 valence electrons. The molecule has 0 heterocycles. The number of rotatable bonds is 3. The lowest BCUT2D eigenvalue weighted by atomic mass is 10.2. The lowest BCUT2D eigenvalue weighted by Gasteiger charge is -2.23. The van der Waals surface area contributed by atoms with Gasteiger partial charge in [-0.3, -0.25) is 4.90 Å². The third-order valence-corrected chi connectivity index (χ3v) is 2.26. The highest BCUT2D eigenvalue weighted by Crippen LogP contribution is 2.28. The number of benzene rings is 2. The molecule has 0 N–H and O–H groups in total. The summed E-state index contributed by atoms with van der Waals surface area (Å²) in [6.45, 7) is -2.55. The van der Waals surface area contributed by atoms with Crippen LogP contribution in [-0.4, -0.2) is 6.55 Å². The van der Waals surface area contributed by atoms with Crippen LogP contribution in [0.2, 0.25) is 0 Å². The lowest BCUT2D eigenvalue weighted by Crippen LogP contribution is -2.22. The number of para-hydroxylation sites is 2. The molecule has 2 rings (SSSR count). The minimum absolute atomic E-state index is 0.490. The van der Waals surface area contributed by atoms with Crippen molar-refractivity contribution in [3.63, 3.8) is 0 Å². The maximum absolute atomic E-state index is 13.0. The molecule has 2 aromatic rings. The number of hydrogen-bond acceptors (Lipinski definition) is 1. The molecular weight excluding hydrogens is 208 g/mol. The minimum atomic E-state index is -2.55. The summed E-state index contributed by atoms with van der Waals surface area (Å²) in [6, 6.07) is 17.2. The molecule has 0 spiro atoms. The molecule has 0 aromatic heterocycles. The molecule has 0 saturated carbocycles. The van der Waals surface area contributed by atoms with E-state index in [0.29, 0.717) is 11.4 Å². The standard InChI is InChI=1S/C13H11F2N/c14-13(15)16(11-7-3-1-4-8-11)12-9-5-2-6-10-12/h1-10,13H. The van der Waals surface area contributed by atoms with Crippen molar-refractivity contribution in [1.29, 1.82) is 0 Å². The summed E-state index contributed by atoms with van der Waals surface area (Å²) in [4.78, 5) is 1.00. The molecule has 0 radical (unpaired) electrons. The Labute approximate surface area is 92.9 Å². The van der Waals surface area contributed by atoms with Gasteiger partial charge >= 0.3 is 6.55 Å². The first-order chi connectivity index (χ1) is 7.79. The quantitative estimate of drug-likeness (QED) is 0.704. The van der Waals surface area contributed by atoms with Gasteiger partial charge < -0.3 is 0 Å². The van der Waals surface area contributed by atoms with Crippen LogP contribution in [-0.2, 0) is 0 Å². The Morgan fingerprint density at radius 1 is 0.688 bits per heavy atom. The molecule has 1 nitrogen and oxygen atoms in total. The van der Waals surface area contributed by atoms with E-state index in [1.165, 1.54) is 0 Å². The maximum atomic E-state index is 13.0. The van der Waals surface area contributed by atoms with E-state index in [1.807, 2.05) is 0 Å². The molecule has 3 heteroatoms. The highest BCUT2D eigenvalue weighted by Gasteiger charge is 2.17. The van der Waals surface area contributed by atoms with Gasteiger partial charge in [0, 0.05) is 11.4 Å². The Kier molecular flexibility index (Phi) is 3.15. The van der Waals surface area contributed by atoms with Crippen LogP contribution < -0.4 is 4.90 Å². The van der Waals surface area contributed by atoms with Gasteiger partial charge in [0.05, 0.1) is 0 Å². The van der Waals surface area contributed by atoms with Crippen molar-refractivity contribution < 1.29 is 8.78 Å². The average molecular weight is 219 g/mol. The van der Waals surface area contributed by atoms with Gasteiger partial charge in [-0.15, -0.1) is 0 Å². The monoisotopic (exact) mass is 219 g/mol. The Morgan fingerprint density at radius 2 is 1.06 bits per heavy atom. The van der Waals surface area contributed by atoms with Crippen LogP contribution in [0.4, 0.5) is 20.2 Å². The van der Waals surface area contributed by atoms with E-state index < -0.39 is 6.55 Å². The molecule has 0 aliphatic rings. The molecule has 0 atom stereocenters. The number of anilines is 2. The second-order valence-corrected chi connectivity index (χ2v) is 3.32. The predicted octanol–water partition coefficient (Wildman–Crippen LogP) is 4.05. The fraction of sp³-hybridized carbons (Fsp3) is 0.0769. The lowest BCUT2D eigenvalue weighted by molar-refractivity contribution is 0.156. The van der Waals surface area contributed by atoms with Crippen LogP contribution >= 0.6 is 0 Å². The van der Waals surface area contributed by atoms with Gasteiger partial charge in [0.15, 0.2) is 0 Å². The highest BCUT2D eigenvalue weighted by atomic mass is 19.3. The highest BCUT2D eigenvalue weighted by molar-refractivity contribution is 5.62. The van der Waals surface area contributed by atoms with Crippen molar-refractivity contribution in [2.45, 2.75) is 6.55 Å². The Morgan fingerprint density at radius 3 is 1.38 bits per heavy atom. The fourth-order valence-corrected chi connectivity index (χ4v) is 1.55. The van der Waals surface area contributed by atoms with Crippen LogP contribution in [0.25, 0.3) is 0 Å². The normalized spacial score (nSPS) is 10.4. The van der Waals surface area contributed by atoms with Crippen molar-refractivity contribution >= 4 is 11.4 Å². The van der Waals surface area contributed by atoms with Gasteiger partial charge in [0.2, 0.25) is 0 Å². The average Bonchev–Trinajstić information content (AvgIpc) is 2.31. The van der Waals surface area contributed by atoms with E-state index >= 15 is 0 Å². The van der Waals surface area contributed by atoms with Crippen LogP contribution in [0.1, 0.15) is 0 Å². The molecule has 16 heavy (non-hydrogen) atoms. The SMILES string of the molecule is FC(F)N(c1ccccc1)c1ccccc1. The fourth-order valence-electron chi connectivity index (χ4n) is 1.55. The van der Waals surface area contributed by atoms with E-state index in [2.05, 4.69) is 0 Å². The minimum Gasteiger partial charge on any atom is -0.285 e. The van der Waals surface area contributed by atoms with Gasteiger partial charge in [-0.1, -0.05) is 36.4 Å². The molecule has 0 aliphatic carbocycles. The Bertz CT molecular complexity index is 389. The van der Waals surface area contributed by atoms with E-state index in [4.69, 9.17) is 0 Å². The van der Waals surface area contributed by atoms with Gasteiger partial charge in [-0.25, -0.2) is 0 Å². The zero-order valence-electron chi connectivity index (χ0n) is 8.55. The summed E-state index contributed by atoms with van der Waals surface area (Å²) in [5, 5.41) is 0. The Hall–Kier alpha value is -1.90. The third-order valence-electron chi connectivity index (χ3n) is 2.26. The topological polar surface area (TPSA) is 3.24 Å². The van der Waals surface area contributed by atoms with Gasteiger partial charge in [-0.2, -0.15) is 8.78 Å². The molecule has 2 aromatic carbocycles. The van der Waals surface area contributed by atoms with E-state index in [-0.39, 0.29) is 0 Å². The number of alkyl halides is 2. The summed E-state index contributed by atoms with van der Waals surface area (Å²) in [7, 11) is 0. The molecule has 0 bridgehead atoms. The number of nitrogens with zero attached hydrogens (tertiary/aromatic N) is 1. The largest absolute Gasteiger partial charge is 0.319 e. The van der Waals surface area contributed by atoms with Crippen molar-refractivity contribution in [1.82, 2.24) is 0 Å². The molecular formula is C13H11F2N. The zero-order valence-corrected chi connectivity index (χ0v) is 8.55. The summed E-state index contributed by atoms with van der Waals surface area (Å²) >= 11 is 0. The first-order valence-corrected chi connectivity index (χ1v) is 4.96. The first-order valence-electron chi connectivity index (χ1n) is 4.96. The van der Waals surface area contributed by atoms with E-state index in [0.717, 1.165) is 4.90 Å². The smallest absolute Gasteiger partial charge is 0.285 e. The molecule has 0 aliphatic heterocycles. The first kappa shape index (κ1) is 10.6. The van der Waals surface area contributed by atoms with Crippen LogP contribution in [0.5, 0.6) is 0 Å². The second kappa shape index (κ2) is 4.75. The third kappa shape index (κ3) is 2.19. The van der Waals surface area contributed by atoms with E-state index in [1.54, 1.807) is 60.7 Å². The zero-order chi connectivity index (χ0) is 11.4. The second-order valence-electron chi connectivity index (χ2n) is 3.32. The van der Waals surface area contributed by atoms with E-state index in [9.17, 15) is 8.78 Å². The molecule has 0 fully saturated rings.